The summed E-state index contributed by atoms with van der Waals surface area (Å²) in [5, 5.41) is 3.29. The van der Waals surface area contributed by atoms with Gasteiger partial charge in [0.25, 0.3) is 0 Å². The highest BCUT2D eigenvalue weighted by Gasteiger charge is 2.08. The summed E-state index contributed by atoms with van der Waals surface area (Å²) in [6.07, 6.45) is 3.68. The van der Waals surface area contributed by atoms with Crippen LogP contribution in [0.2, 0.25) is 0 Å². The van der Waals surface area contributed by atoms with Gasteiger partial charge in [0.05, 0.1) is 0 Å². The quantitative estimate of drug-likeness (QED) is 0.705. The van der Waals surface area contributed by atoms with Gasteiger partial charge in [-0.15, -0.1) is 0 Å². The fraction of sp³-hybridized carbons (Fsp3) is 0.714. The zero-order chi connectivity index (χ0) is 14.3. The maximum atomic E-state index is 5.62. The molecular formula is C14H27N5. The highest BCUT2D eigenvalue weighted by molar-refractivity contribution is 5.49. The second-order valence-electron chi connectivity index (χ2n) is 5.07. The van der Waals surface area contributed by atoms with Crippen LogP contribution in [-0.2, 0) is 0 Å². The molecule has 108 valence electrons. The van der Waals surface area contributed by atoms with Gasteiger partial charge in [0.15, 0.2) is 0 Å². The van der Waals surface area contributed by atoms with E-state index in [1.807, 2.05) is 19.9 Å². The molecule has 0 aliphatic rings. The lowest BCUT2D eigenvalue weighted by atomic mass is 10.2. The number of aromatic nitrogens is 2. The number of nitrogens with one attached hydrogen (secondary N) is 1. The molecule has 1 aromatic rings. The molecule has 1 rings (SSSR count). The smallest absolute Gasteiger partial charge is 0.134 e. The number of anilines is 2. The Morgan fingerprint density at radius 2 is 2.11 bits per heavy atom. The first-order chi connectivity index (χ1) is 9.06. The summed E-state index contributed by atoms with van der Waals surface area (Å²) in [6, 6.07) is 2.21. The van der Waals surface area contributed by atoms with Gasteiger partial charge in [-0.1, -0.05) is 19.8 Å². The molecule has 1 atom stereocenters. The van der Waals surface area contributed by atoms with Gasteiger partial charge in [0.1, 0.15) is 17.5 Å². The number of unbranched alkanes of at least 4 members (excludes halogenated alkanes) is 2. The molecule has 0 saturated carbocycles. The van der Waals surface area contributed by atoms with Crippen molar-refractivity contribution in [3.8, 4) is 0 Å². The Morgan fingerprint density at radius 1 is 1.37 bits per heavy atom. The molecule has 0 amide bonds. The average Bonchev–Trinajstić information content (AvgIpc) is 2.38. The van der Waals surface area contributed by atoms with E-state index in [1.165, 1.54) is 19.3 Å². The van der Waals surface area contributed by atoms with Crippen LogP contribution in [0.3, 0.4) is 0 Å². The summed E-state index contributed by atoms with van der Waals surface area (Å²) in [5.41, 5.74) is 5.62. The summed E-state index contributed by atoms with van der Waals surface area (Å²) in [5.74, 6) is 2.60. The lowest BCUT2D eigenvalue weighted by Crippen LogP contribution is -2.26. The monoisotopic (exact) mass is 265 g/mol. The molecule has 19 heavy (non-hydrogen) atoms. The van der Waals surface area contributed by atoms with Crippen LogP contribution in [-0.4, -0.2) is 36.1 Å². The van der Waals surface area contributed by atoms with E-state index in [9.17, 15) is 0 Å². The molecule has 0 aromatic carbocycles. The average molecular weight is 265 g/mol. The van der Waals surface area contributed by atoms with E-state index >= 15 is 0 Å². The van der Waals surface area contributed by atoms with Crippen molar-refractivity contribution < 1.29 is 0 Å². The molecule has 0 aliphatic carbocycles. The summed E-state index contributed by atoms with van der Waals surface area (Å²) >= 11 is 0. The highest BCUT2D eigenvalue weighted by atomic mass is 15.2. The van der Waals surface area contributed by atoms with Gasteiger partial charge in [-0.05, 0) is 20.3 Å². The van der Waals surface area contributed by atoms with Gasteiger partial charge >= 0.3 is 0 Å². The first-order valence-electron chi connectivity index (χ1n) is 7.10. The normalized spacial score (nSPS) is 12.3. The number of hydrogen-bond acceptors (Lipinski definition) is 5. The van der Waals surface area contributed by atoms with Gasteiger partial charge in [0.2, 0.25) is 0 Å². The third kappa shape index (κ3) is 5.42. The van der Waals surface area contributed by atoms with Gasteiger partial charge in [0, 0.05) is 32.2 Å². The maximum Gasteiger partial charge on any atom is 0.134 e. The third-order valence-corrected chi connectivity index (χ3v) is 3.06. The molecule has 0 spiro atoms. The Kier molecular flexibility index (Phi) is 6.56. The van der Waals surface area contributed by atoms with Gasteiger partial charge in [-0.2, -0.15) is 0 Å². The molecular weight excluding hydrogens is 238 g/mol. The summed E-state index contributed by atoms with van der Waals surface area (Å²) in [4.78, 5) is 11.1. The third-order valence-electron chi connectivity index (χ3n) is 3.06. The van der Waals surface area contributed by atoms with Gasteiger partial charge in [-0.3, -0.25) is 0 Å². The van der Waals surface area contributed by atoms with Crippen LogP contribution in [0.4, 0.5) is 11.6 Å². The minimum absolute atomic E-state index is 0.215. The first-order valence-corrected chi connectivity index (χ1v) is 7.10. The lowest BCUT2D eigenvalue weighted by Gasteiger charge is -2.20. The molecule has 5 heteroatoms. The summed E-state index contributed by atoms with van der Waals surface area (Å²) in [7, 11) is 2.08. The minimum atomic E-state index is 0.215. The van der Waals surface area contributed by atoms with Crippen LogP contribution in [0.5, 0.6) is 0 Å². The van der Waals surface area contributed by atoms with E-state index in [0.29, 0.717) is 6.54 Å². The van der Waals surface area contributed by atoms with Crippen molar-refractivity contribution in [2.24, 2.45) is 5.73 Å². The van der Waals surface area contributed by atoms with E-state index in [2.05, 4.69) is 34.2 Å². The Hall–Kier alpha value is -1.36. The molecule has 5 nitrogen and oxygen atoms in total. The Morgan fingerprint density at radius 3 is 2.74 bits per heavy atom. The number of rotatable bonds is 8. The van der Waals surface area contributed by atoms with Gasteiger partial charge < -0.3 is 16.0 Å². The van der Waals surface area contributed by atoms with Crippen LogP contribution in [0.15, 0.2) is 6.07 Å². The topological polar surface area (TPSA) is 67.1 Å². The lowest BCUT2D eigenvalue weighted by molar-refractivity contribution is 0.699. The molecule has 1 unspecified atom stereocenters. The van der Waals surface area contributed by atoms with Crippen molar-refractivity contribution >= 4 is 11.6 Å². The summed E-state index contributed by atoms with van der Waals surface area (Å²) < 4.78 is 0. The number of aryl methyl sites for hydroxylation is 1. The predicted molar refractivity (Wildman–Crippen MR) is 81.7 cm³/mol. The van der Waals surface area contributed by atoms with E-state index in [4.69, 9.17) is 5.73 Å². The van der Waals surface area contributed by atoms with Gasteiger partial charge in [-0.25, -0.2) is 9.97 Å². The molecule has 1 heterocycles. The van der Waals surface area contributed by atoms with Crippen LogP contribution in [0.1, 0.15) is 38.9 Å². The molecule has 0 fully saturated rings. The zero-order valence-electron chi connectivity index (χ0n) is 12.6. The second kappa shape index (κ2) is 7.94. The molecule has 1 aromatic heterocycles. The number of nitrogens with two attached hydrogens (primary N) is 1. The van der Waals surface area contributed by atoms with E-state index < -0.39 is 0 Å². The van der Waals surface area contributed by atoms with Crippen LogP contribution >= 0.6 is 0 Å². The van der Waals surface area contributed by atoms with E-state index in [-0.39, 0.29) is 6.04 Å². The molecule has 0 aliphatic heterocycles. The Bertz CT molecular complexity index is 380. The van der Waals surface area contributed by atoms with Crippen molar-refractivity contribution in [3.05, 3.63) is 11.9 Å². The fourth-order valence-corrected chi connectivity index (χ4v) is 1.85. The SMILES string of the molecule is CCCCCN(C)c1cc(NC(C)CN)nc(C)n1. The molecule has 0 saturated heterocycles. The first kappa shape index (κ1) is 15.7. The van der Waals surface area contributed by atoms with Crippen molar-refractivity contribution in [1.82, 2.24) is 9.97 Å². The maximum absolute atomic E-state index is 5.62. The standard InChI is InChI=1S/C14H27N5/c1-5-6-7-8-19(4)14-9-13(16-11(2)10-15)17-12(3)18-14/h9,11H,5-8,10,15H2,1-4H3,(H,16,17,18). The largest absolute Gasteiger partial charge is 0.366 e. The Balaban J connectivity index is 2.72. The predicted octanol–water partition coefficient (Wildman–Crippen LogP) is 2.17. The second-order valence-corrected chi connectivity index (χ2v) is 5.07. The Labute approximate surface area is 116 Å². The number of nitrogens with zero attached hydrogens (tertiary/aromatic N) is 3. The highest BCUT2D eigenvalue weighted by Crippen LogP contribution is 2.16. The fourth-order valence-electron chi connectivity index (χ4n) is 1.85. The molecule has 0 radical (unpaired) electrons. The van der Waals surface area contributed by atoms with Crippen LogP contribution in [0.25, 0.3) is 0 Å². The van der Waals surface area contributed by atoms with Crippen molar-refractivity contribution in [1.29, 1.82) is 0 Å². The van der Waals surface area contributed by atoms with Crippen LogP contribution in [0, 0.1) is 6.92 Å². The molecule has 3 N–H and O–H groups in total. The van der Waals surface area contributed by atoms with Crippen molar-refractivity contribution in [2.75, 3.05) is 30.4 Å². The summed E-state index contributed by atoms with van der Waals surface area (Å²) in [6.45, 7) is 7.79. The number of hydrogen-bond donors (Lipinski definition) is 2. The zero-order valence-corrected chi connectivity index (χ0v) is 12.6. The van der Waals surface area contributed by atoms with Crippen molar-refractivity contribution in [2.45, 2.75) is 46.1 Å². The minimum Gasteiger partial charge on any atom is -0.366 e. The van der Waals surface area contributed by atoms with E-state index in [0.717, 1.165) is 24.0 Å². The van der Waals surface area contributed by atoms with E-state index in [1.54, 1.807) is 0 Å². The van der Waals surface area contributed by atoms with Crippen LogP contribution < -0.4 is 16.0 Å². The molecule has 0 bridgehead atoms. The van der Waals surface area contributed by atoms with Crippen molar-refractivity contribution in [3.63, 3.8) is 0 Å².